The molecule has 1 aliphatic carbocycles. The average molecular weight is 259 g/mol. The predicted octanol–water partition coefficient (Wildman–Crippen LogP) is 1.22. The van der Waals surface area contributed by atoms with Gasteiger partial charge in [-0.05, 0) is 40.5 Å². The van der Waals surface area contributed by atoms with E-state index in [1.54, 1.807) is 20.8 Å². The molecule has 0 aromatic heterocycles. The van der Waals surface area contributed by atoms with Crippen LogP contribution in [0.15, 0.2) is 0 Å². The van der Waals surface area contributed by atoms with Crippen LogP contribution >= 0.6 is 0 Å². The first kappa shape index (κ1) is 14.8. The Kier molecular flexibility index (Phi) is 4.21. The van der Waals surface area contributed by atoms with Crippen molar-refractivity contribution in [2.24, 2.45) is 0 Å². The van der Waals surface area contributed by atoms with Crippen molar-refractivity contribution >= 4 is 12.1 Å². The minimum Gasteiger partial charge on any atom is -0.480 e. The van der Waals surface area contributed by atoms with E-state index >= 15 is 0 Å². The quantitative estimate of drug-likeness (QED) is 0.792. The molecule has 6 heteroatoms. The number of aliphatic hydroxyl groups excluding tert-OH is 1. The lowest BCUT2D eigenvalue weighted by atomic mass is 10.1. The Labute approximate surface area is 107 Å². The van der Waals surface area contributed by atoms with Gasteiger partial charge in [0.2, 0.25) is 0 Å². The van der Waals surface area contributed by atoms with Gasteiger partial charge in [-0.1, -0.05) is 0 Å². The number of hydrogen-bond donors (Lipinski definition) is 2. The van der Waals surface area contributed by atoms with Crippen LogP contribution in [0.3, 0.4) is 0 Å². The monoisotopic (exact) mass is 259 g/mol. The molecule has 0 aromatic carbocycles. The van der Waals surface area contributed by atoms with Crippen LogP contribution in [0.25, 0.3) is 0 Å². The second-order valence-electron chi connectivity index (χ2n) is 5.64. The second kappa shape index (κ2) is 5.14. The molecule has 0 spiro atoms. The first-order valence-corrected chi connectivity index (χ1v) is 6.05. The molecule has 0 unspecified atom stereocenters. The molecule has 6 nitrogen and oxygen atoms in total. The van der Waals surface area contributed by atoms with Crippen molar-refractivity contribution in [3.63, 3.8) is 0 Å². The van der Waals surface area contributed by atoms with Gasteiger partial charge in [-0.15, -0.1) is 0 Å². The van der Waals surface area contributed by atoms with Crippen molar-refractivity contribution < 1.29 is 24.5 Å². The first-order chi connectivity index (χ1) is 8.13. The molecule has 18 heavy (non-hydrogen) atoms. The molecular formula is C12H21NO5. The van der Waals surface area contributed by atoms with E-state index in [-0.39, 0.29) is 6.04 Å². The summed E-state index contributed by atoms with van der Waals surface area (Å²) < 4.78 is 5.20. The summed E-state index contributed by atoms with van der Waals surface area (Å²) in [5.41, 5.74) is -0.689. The van der Waals surface area contributed by atoms with Crippen LogP contribution in [0, 0.1) is 0 Å². The smallest absolute Gasteiger partial charge is 0.411 e. The van der Waals surface area contributed by atoms with Crippen LogP contribution < -0.4 is 0 Å². The number of aliphatic hydroxyl groups is 1. The molecule has 0 saturated heterocycles. The lowest BCUT2D eigenvalue weighted by molar-refractivity contribution is -0.147. The van der Waals surface area contributed by atoms with E-state index in [4.69, 9.17) is 9.84 Å². The van der Waals surface area contributed by atoms with Gasteiger partial charge in [-0.25, -0.2) is 9.59 Å². The lowest BCUT2D eigenvalue weighted by Gasteiger charge is -2.32. The Morgan fingerprint density at radius 1 is 1.33 bits per heavy atom. The number of amides is 1. The Balaban J connectivity index is 2.87. The summed E-state index contributed by atoms with van der Waals surface area (Å²) in [6.07, 6.45) is -0.334. The molecule has 0 bridgehead atoms. The standard InChI is InChI=1S/C12H21NO5/c1-7(14)9(10(15)16)13(8-5-6-8)11(17)18-12(2,3)4/h7-9,14H,5-6H2,1-4H3,(H,15,16)/t7-,9+/m1/s1. The number of aliphatic carboxylic acids is 1. The van der Waals surface area contributed by atoms with Gasteiger partial charge in [0.25, 0.3) is 0 Å². The molecule has 1 saturated carbocycles. The van der Waals surface area contributed by atoms with Crippen molar-refractivity contribution in [2.45, 2.75) is 64.3 Å². The van der Waals surface area contributed by atoms with Crippen molar-refractivity contribution in [2.75, 3.05) is 0 Å². The molecule has 0 aliphatic heterocycles. The van der Waals surface area contributed by atoms with Crippen molar-refractivity contribution in [1.82, 2.24) is 4.90 Å². The molecule has 0 radical (unpaired) electrons. The van der Waals surface area contributed by atoms with Gasteiger partial charge in [0.1, 0.15) is 5.60 Å². The van der Waals surface area contributed by atoms with Gasteiger partial charge in [0.05, 0.1) is 6.10 Å². The van der Waals surface area contributed by atoms with Gasteiger partial charge in [-0.2, -0.15) is 0 Å². The van der Waals surface area contributed by atoms with E-state index < -0.39 is 29.8 Å². The fourth-order valence-corrected chi connectivity index (χ4v) is 1.71. The van der Waals surface area contributed by atoms with Crippen LogP contribution in [0.5, 0.6) is 0 Å². The molecule has 1 aliphatic rings. The summed E-state index contributed by atoms with van der Waals surface area (Å²) >= 11 is 0. The number of ether oxygens (including phenoxy) is 1. The highest BCUT2D eigenvalue weighted by Crippen LogP contribution is 2.31. The van der Waals surface area contributed by atoms with Crippen LogP contribution in [0.1, 0.15) is 40.5 Å². The number of hydrogen-bond acceptors (Lipinski definition) is 4. The summed E-state index contributed by atoms with van der Waals surface area (Å²) in [7, 11) is 0. The predicted molar refractivity (Wildman–Crippen MR) is 64.2 cm³/mol. The van der Waals surface area contributed by atoms with E-state index in [2.05, 4.69) is 0 Å². The number of nitrogens with zero attached hydrogens (tertiary/aromatic N) is 1. The molecule has 104 valence electrons. The maximum atomic E-state index is 12.0. The third-order valence-electron chi connectivity index (χ3n) is 2.55. The molecule has 2 atom stereocenters. The molecule has 0 aromatic rings. The maximum Gasteiger partial charge on any atom is 0.411 e. The summed E-state index contributed by atoms with van der Waals surface area (Å²) in [5, 5.41) is 18.7. The number of rotatable bonds is 4. The Hall–Kier alpha value is -1.30. The topological polar surface area (TPSA) is 87.1 Å². The maximum absolute atomic E-state index is 12.0. The Morgan fingerprint density at radius 2 is 1.83 bits per heavy atom. The summed E-state index contributed by atoms with van der Waals surface area (Å²) in [6, 6.07) is -1.40. The lowest BCUT2D eigenvalue weighted by Crippen LogP contribution is -2.53. The van der Waals surface area contributed by atoms with Crippen LogP contribution in [0.2, 0.25) is 0 Å². The normalized spacial score (nSPS) is 18.9. The number of carbonyl (C=O) groups is 2. The van der Waals surface area contributed by atoms with Gasteiger partial charge >= 0.3 is 12.1 Å². The third kappa shape index (κ3) is 3.87. The summed E-state index contributed by atoms with van der Waals surface area (Å²) in [4.78, 5) is 24.3. The van der Waals surface area contributed by atoms with E-state index in [1.165, 1.54) is 6.92 Å². The van der Waals surface area contributed by atoms with Crippen LogP contribution in [-0.4, -0.2) is 51.0 Å². The second-order valence-corrected chi connectivity index (χ2v) is 5.64. The van der Waals surface area contributed by atoms with E-state index in [0.29, 0.717) is 0 Å². The molecule has 1 amide bonds. The minimum atomic E-state index is -1.26. The van der Waals surface area contributed by atoms with Crippen LogP contribution in [0.4, 0.5) is 4.79 Å². The fraction of sp³-hybridized carbons (Fsp3) is 0.833. The zero-order valence-corrected chi connectivity index (χ0v) is 11.2. The van der Waals surface area contributed by atoms with Gasteiger partial charge in [0.15, 0.2) is 6.04 Å². The number of carboxylic acids is 1. The van der Waals surface area contributed by atoms with E-state index in [9.17, 15) is 14.7 Å². The molecular weight excluding hydrogens is 238 g/mol. The van der Waals surface area contributed by atoms with Gasteiger partial charge < -0.3 is 14.9 Å². The largest absolute Gasteiger partial charge is 0.480 e. The first-order valence-electron chi connectivity index (χ1n) is 6.05. The van der Waals surface area contributed by atoms with Gasteiger partial charge in [-0.3, -0.25) is 4.90 Å². The molecule has 1 rings (SSSR count). The van der Waals surface area contributed by atoms with Crippen molar-refractivity contribution in [3.8, 4) is 0 Å². The molecule has 1 fully saturated rings. The average Bonchev–Trinajstić information content (AvgIpc) is 2.92. The molecule has 2 N–H and O–H groups in total. The highest BCUT2D eigenvalue weighted by atomic mass is 16.6. The van der Waals surface area contributed by atoms with E-state index in [1.807, 2.05) is 0 Å². The summed E-state index contributed by atoms with van der Waals surface area (Å²) in [5.74, 6) is -1.22. The SMILES string of the molecule is C[C@@H](O)[C@@H](C(=O)O)N(C(=O)OC(C)(C)C)C1CC1. The zero-order valence-electron chi connectivity index (χ0n) is 11.2. The number of carbonyl (C=O) groups excluding carboxylic acids is 1. The number of carboxylic acid groups (broad SMARTS) is 1. The Morgan fingerprint density at radius 3 is 2.11 bits per heavy atom. The summed E-state index contributed by atoms with van der Waals surface area (Å²) in [6.45, 7) is 6.51. The highest BCUT2D eigenvalue weighted by Gasteiger charge is 2.44. The molecule has 0 heterocycles. The fourth-order valence-electron chi connectivity index (χ4n) is 1.71. The highest BCUT2D eigenvalue weighted by molar-refractivity contribution is 5.81. The minimum absolute atomic E-state index is 0.143. The third-order valence-corrected chi connectivity index (χ3v) is 2.55. The van der Waals surface area contributed by atoms with E-state index in [0.717, 1.165) is 17.7 Å². The Bertz CT molecular complexity index is 330. The van der Waals surface area contributed by atoms with Crippen LogP contribution in [-0.2, 0) is 9.53 Å². The van der Waals surface area contributed by atoms with Crippen molar-refractivity contribution in [1.29, 1.82) is 0 Å². The zero-order chi connectivity index (χ0) is 14.1. The van der Waals surface area contributed by atoms with Crippen molar-refractivity contribution in [3.05, 3.63) is 0 Å². The van der Waals surface area contributed by atoms with Gasteiger partial charge in [0, 0.05) is 6.04 Å².